The third kappa shape index (κ3) is 2.70. The average Bonchev–Trinajstić information content (AvgIpc) is 2.78. The lowest BCUT2D eigenvalue weighted by Gasteiger charge is -2.33. The lowest BCUT2D eigenvalue weighted by atomic mass is 9.80. The van der Waals surface area contributed by atoms with Crippen LogP contribution in [0.4, 0.5) is 0 Å². The normalized spacial score (nSPS) is 28.0. The van der Waals surface area contributed by atoms with Crippen molar-refractivity contribution in [1.29, 1.82) is 0 Å². The second kappa shape index (κ2) is 5.64. The number of fused-ring (bicyclic) bond motifs is 1. The molecule has 0 amide bonds. The first-order valence-electron chi connectivity index (χ1n) is 8.09. The van der Waals surface area contributed by atoms with Gasteiger partial charge in [-0.1, -0.05) is 26.0 Å². The molecule has 1 heterocycles. The van der Waals surface area contributed by atoms with Gasteiger partial charge in [-0.2, -0.15) is 0 Å². The molecule has 3 heteroatoms. The van der Waals surface area contributed by atoms with Gasteiger partial charge in [-0.25, -0.2) is 4.98 Å². The topological polar surface area (TPSA) is 17.8 Å². The largest absolute Gasteiger partial charge is 0.324 e. The number of para-hydroxylation sites is 1. The minimum atomic E-state index is -0.0515. The summed E-state index contributed by atoms with van der Waals surface area (Å²) >= 11 is 6.44. The molecule has 21 heavy (non-hydrogen) atoms. The molecule has 2 nitrogen and oxygen atoms in total. The van der Waals surface area contributed by atoms with Crippen molar-refractivity contribution in [2.45, 2.75) is 58.4 Å². The molecule has 1 saturated carbocycles. The fourth-order valence-corrected chi connectivity index (χ4v) is 4.21. The van der Waals surface area contributed by atoms with Gasteiger partial charge in [0.1, 0.15) is 5.82 Å². The molecule has 1 aliphatic carbocycles. The van der Waals surface area contributed by atoms with E-state index in [4.69, 9.17) is 16.6 Å². The number of nitrogens with zero attached hydrogens (tertiary/aromatic N) is 2. The second-order valence-corrected chi connectivity index (χ2v) is 7.62. The molecule has 0 aliphatic heterocycles. The van der Waals surface area contributed by atoms with Gasteiger partial charge >= 0.3 is 0 Å². The van der Waals surface area contributed by atoms with E-state index < -0.39 is 0 Å². The molecule has 0 N–H and O–H groups in total. The molecule has 114 valence electrons. The van der Waals surface area contributed by atoms with Gasteiger partial charge in [0.05, 0.1) is 16.4 Å². The number of rotatable bonds is 2. The first kappa shape index (κ1) is 14.9. The lowest BCUT2D eigenvalue weighted by Crippen LogP contribution is -2.24. The Morgan fingerprint density at radius 1 is 1.19 bits per heavy atom. The Labute approximate surface area is 132 Å². The fourth-order valence-electron chi connectivity index (χ4n) is 4.05. The molecular formula is C18H25ClN2. The van der Waals surface area contributed by atoms with E-state index in [1.54, 1.807) is 0 Å². The number of hydrogen-bond acceptors (Lipinski definition) is 1. The summed E-state index contributed by atoms with van der Waals surface area (Å²) < 4.78 is 2.44. The van der Waals surface area contributed by atoms with Gasteiger partial charge in [-0.15, -0.1) is 11.6 Å². The van der Waals surface area contributed by atoms with E-state index in [0.717, 1.165) is 23.2 Å². The van der Waals surface area contributed by atoms with Crippen LogP contribution in [0.15, 0.2) is 18.2 Å². The summed E-state index contributed by atoms with van der Waals surface area (Å²) in [7, 11) is 0. The Balaban J connectivity index is 2.15. The van der Waals surface area contributed by atoms with Gasteiger partial charge in [-0.3, -0.25) is 0 Å². The zero-order valence-electron chi connectivity index (χ0n) is 13.4. The van der Waals surface area contributed by atoms with Crippen LogP contribution in [0.3, 0.4) is 0 Å². The average molecular weight is 305 g/mol. The van der Waals surface area contributed by atoms with E-state index in [2.05, 4.69) is 43.5 Å². The van der Waals surface area contributed by atoms with Gasteiger partial charge in [0.15, 0.2) is 0 Å². The van der Waals surface area contributed by atoms with Crippen LogP contribution < -0.4 is 0 Å². The number of halogens is 1. The number of alkyl halides is 1. The van der Waals surface area contributed by atoms with Crippen molar-refractivity contribution in [2.75, 3.05) is 0 Å². The highest BCUT2D eigenvalue weighted by Gasteiger charge is 2.29. The van der Waals surface area contributed by atoms with Crippen LogP contribution in [-0.4, -0.2) is 9.55 Å². The van der Waals surface area contributed by atoms with E-state index in [1.807, 2.05) is 6.92 Å². The monoisotopic (exact) mass is 304 g/mol. The summed E-state index contributed by atoms with van der Waals surface area (Å²) in [6, 6.07) is 7.00. The van der Waals surface area contributed by atoms with Crippen LogP contribution in [0.2, 0.25) is 0 Å². The zero-order chi connectivity index (χ0) is 15.1. The fraction of sp³-hybridized carbons (Fsp3) is 0.611. The van der Waals surface area contributed by atoms with Gasteiger partial charge in [0, 0.05) is 6.04 Å². The third-order valence-electron chi connectivity index (χ3n) is 4.82. The highest BCUT2D eigenvalue weighted by molar-refractivity contribution is 6.20. The molecule has 1 aliphatic rings. The molecule has 1 aromatic carbocycles. The van der Waals surface area contributed by atoms with E-state index >= 15 is 0 Å². The molecule has 1 fully saturated rings. The summed E-state index contributed by atoms with van der Waals surface area (Å²) in [5.41, 5.74) is 3.61. The maximum Gasteiger partial charge on any atom is 0.127 e. The predicted molar refractivity (Wildman–Crippen MR) is 90.0 cm³/mol. The van der Waals surface area contributed by atoms with Crippen LogP contribution in [-0.2, 0) is 0 Å². The Kier molecular flexibility index (Phi) is 4.00. The van der Waals surface area contributed by atoms with Crippen LogP contribution in [0.1, 0.15) is 62.8 Å². The smallest absolute Gasteiger partial charge is 0.127 e. The zero-order valence-corrected chi connectivity index (χ0v) is 14.2. The van der Waals surface area contributed by atoms with Gasteiger partial charge in [0.25, 0.3) is 0 Å². The first-order chi connectivity index (χ1) is 9.97. The lowest BCUT2D eigenvalue weighted by molar-refractivity contribution is 0.221. The van der Waals surface area contributed by atoms with E-state index in [9.17, 15) is 0 Å². The number of imidazole rings is 1. The Morgan fingerprint density at radius 2 is 1.86 bits per heavy atom. The Hall–Kier alpha value is -1.02. The maximum atomic E-state index is 6.44. The van der Waals surface area contributed by atoms with Crippen LogP contribution in [0.5, 0.6) is 0 Å². The molecule has 3 atom stereocenters. The highest BCUT2D eigenvalue weighted by Crippen LogP contribution is 2.40. The summed E-state index contributed by atoms with van der Waals surface area (Å²) in [6.45, 7) is 8.91. The van der Waals surface area contributed by atoms with Crippen LogP contribution in [0, 0.1) is 18.8 Å². The first-order valence-corrected chi connectivity index (χ1v) is 8.52. The van der Waals surface area contributed by atoms with Crippen molar-refractivity contribution in [3.05, 3.63) is 29.6 Å². The SMILES string of the molecule is Cc1cccc2c1nc(C(C)Cl)n2C1CC(C)CC(C)C1. The number of benzene rings is 1. The highest BCUT2D eigenvalue weighted by atomic mass is 35.5. The van der Waals surface area contributed by atoms with Crippen LogP contribution in [0.25, 0.3) is 11.0 Å². The van der Waals surface area contributed by atoms with Crippen molar-refractivity contribution in [1.82, 2.24) is 9.55 Å². The molecule has 0 radical (unpaired) electrons. The maximum absolute atomic E-state index is 6.44. The quantitative estimate of drug-likeness (QED) is 0.656. The Morgan fingerprint density at radius 3 is 2.48 bits per heavy atom. The number of aryl methyl sites for hydroxylation is 1. The van der Waals surface area contributed by atoms with Crippen molar-refractivity contribution in [3.8, 4) is 0 Å². The Bertz CT molecular complexity index is 634. The molecule has 0 bridgehead atoms. The van der Waals surface area contributed by atoms with Crippen molar-refractivity contribution in [3.63, 3.8) is 0 Å². The van der Waals surface area contributed by atoms with Crippen LogP contribution >= 0.6 is 11.6 Å². The predicted octanol–water partition coefficient (Wildman–Crippen LogP) is 5.64. The molecule has 2 aromatic rings. The van der Waals surface area contributed by atoms with Gasteiger partial charge in [0.2, 0.25) is 0 Å². The molecule has 0 spiro atoms. The minimum Gasteiger partial charge on any atom is -0.324 e. The minimum absolute atomic E-state index is 0.0515. The molecule has 3 rings (SSSR count). The standard InChI is InChI=1S/C18H25ClN2/c1-11-8-12(2)10-15(9-11)21-16-7-5-6-13(3)17(16)20-18(21)14(4)19/h5-7,11-12,14-15H,8-10H2,1-4H3. The summed E-state index contributed by atoms with van der Waals surface area (Å²) in [6.07, 6.45) is 3.81. The molecule has 1 aromatic heterocycles. The number of aromatic nitrogens is 2. The van der Waals surface area contributed by atoms with Crippen molar-refractivity contribution >= 4 is 22.6 Å². The molecule has 0 saturated heterocycles. The number of hydrogen-bond donors (Lipinski definition) is 0. The summed E-state index contributed by atoms with van der Waals surface area (Å²) in [4.78, 5) is 4.87. The third-order valence-corrected chi connectivity index (χ3v) is 5.02. The van der Waals surface area contributed by atoms with Gasteiger partial charge < -0.3 is 4.57 Å². The van der Waals surface area contributed by atoms with Crippen molar-refractivity contribution in [2.24, 2.45) is 11.8 Å². The van der Waals surface area contributed by atoms with E-state index in [1.165, 1.54) is 30.3 Å². The summed E-state index contributed by atoms with van der Waals surface area (Å²) in [5, 5.41) is -0.0515. The molecule has 3 unspecified atom stereocenters. The van der Waals surface area contributed by atoms with Gasteiger partial charge in [-0.05, 0) is 56.6 Å². The van der Waals surface area contributed by atoms with E-state index in [0.29, 0.717) is 6.04 Å². The van der Waals surface area contributed by atoms with Crippen molar-refractivity contribution < 1.29 is 0 Å². The summed E-state index contributed by atoms with van der Waals surface area (Å²) in [5.74, 6) is 2.59. The second-order valence-electron chi connectivity index (χ2n) is 6.97. The molecular weight excluding hydrogens is 280 g/mol. The van der Waals surface area contributed by atoms with E-state index in [-0.39, 0.29) is 5.38 Å².